The molecule has 0 amide bonds. The molecule has 9 heteroatoms. The topological polar surface area (TPSA) is 104 Å². The third-order valence-corrected chi connectivity index (χ3v) is 5.58. The van der Waals surface area contributed by atoms with E-state index < -0.39 is 0 Å². The SMILES string of the molecule is CC(C)(C)c1ccnc(NC2COC3C(NC(=S)Nc4cccc(C#N)c4)COC23)n1. The number of anilines is 2. The van der Waals surface area contributed by atoms with Crippen molar-refractivity contribution in [2.75, 3.05) is 23.8 Å². The quantitative estimate of drug-likeness (QED) is 0.621. The van der Waals surface area contributed by atoms with Crippen molar-refractivity contribution in [3.8, 4) is 6.07 Å². The average molecular weight is 439 g/mol. The second-order valence-electron chi connectivity index (χ2n) is 8.76. The zero-order valence-electron chi connectivity index (χ0n) is 17.8. The van der Waals surface area contributed by atoms with Gasteiger partial charge in [-0.2, -0.15) is 5.26 Å². The Morgan fingerprint density at radius 3 is 2.65 bits per heavy atom. The van der Waals surface area contributed by atoms with E-state index in [1.807, 2.05) is 18.2 Å². The van der Waals surface area contributed by atoms with Gasteiger partial charge in [-0.15, -0.1) is 0 Å². The van der Waals surface area contributed by atoms with E-state index >= 15 is 0 Å². The zero-order chi connectivity index (χ0) is 22.0. The third kappa shape index (κ3) is 4.93. The number of rotatable bonds is 4. The summed E-state index contributed by atoms with van der Waals surface area (Å²) < 4.78 is 12.0. The van der Waals surface area contributed by atoms with Crippen LogP contribution in [0.15, 0.2) is 36.5 Å². The van der Waals surface area contributed by atoms with E-state index in [1.54, 1.807) is 18.3 Å². The third-order valence-electron chi connectivity index (χ3n) is 5.36. The number of hydrogen-bond acceptors (Lipinski definition) is 7. The van der Waals surface area contributed by atoms with Gasteiger partial charge in [-0.3, -0.25) is 0 Å². The smallest absolute Gasteiger partial charge is 0.223 e. The molecule has 0 aliphatic carbocycles. The number of thiocarbonyl (C=S) groups is 1. The molecule has 2 aliphatic rings. The minimum Gasteiger partial charge on any atom is -0.371 e. The Bertz CT molecular complexity index is 1000. The van der Waals surface area contributed by atoms with Crippen molar-refractivity contribution in [3.63, 3.8) is 0 Å². The van der Waals surface area contributed by atoms with Gasteiger partial charge in [0, 0.05) is 17.3 Å². The summed E-state index contributed by atoms with van der Waals surface area (Å²) in [6.45, 7) is 7.35. The number of benzene rings is 1. The van der Waals surface area contributed by atoms with Gasteiger partial charge in [0.25, 0.3) is 0 Å². The molecule has 2 aromatic rings. The van der Waals surface area contributed by atoms with Crippen molar-refractivity contribution in [2.24, 2.45) is 0 Å². The van der Waals surface area contributed by atoms with Crippen LogP contribution in [0.2, 0.25) is 0 Å². The summed E-state index contributed by atoms with van der Waals surface area (Å²) in [5.74, 6) is 0.580. The summed E-state index contributed by atoms with van der Waals surface area (Å²) in [4.78, 5) is 9.00. The van der Waals surface area contributed by atoms with E-state index in [0.717, 1.165) is 11.4 Å². The van der Waals surface area contributed by atoms with E-state index in [9.17, 15) is 0 Å². The van der Waals surface area contributed by atoms with Crippen LogP contribution in [0.3, 0.4) is 0 Å². The van der Waals surface area contributed by atoms with Crippen molar-refractivity contribution in [2.45, 2.75) is 50.5 Å². The molecule has 0 spiro atoms. The van der Waals surface area contributed by atoms with Crippen LogP contribution in [0.4, 0.5) is 11.6 Å². The van der Waals surface area contributed by atoms with Gasteiger partial charge in [0.05, 0.1) is 42.6 Å². The highest BCUT2D eigenvalue weighted by Gasteiger charge is 2.48. The first kappa shape index (κ1) is 21.4. The molecule has 8 nitrogen and oxygen atoms in total. The Morgan fingerprint density at radius 2 is 1.90 bits per heavy atom. The highest BCUT2D eigenvalue weighted by molar-refractivity contribution is 7.80. The second kappa shape index (κ2) is 8.75. The van der Waals surface area contributed by atoms with E-state index in [4.69, 9.17) is 27.0 Å². The molecule has 4 rings (SSSR count). The highest BCUT2D eigenvalue weighted by atomic mass is 32.1. The van der Waals surface area contributed by atoms with Gasteiger partial charge >= 0.3 is 0 Å². The molecular weight excluding hydrogens is 412 g/mol. The van der Waals surface area contributed by atoms with Gasteiger partial charge < -0.3 is 25.4 Å². The van der Waals surface area contributed by atoms with Gasteiger partial charge in [0.1, 0.15) is 12.2 Å². The molecule has 3 heterocycles. The molecule has 2 aliphatic heterocycles. The normalized spacial score (nSPS) is 24.8. The number of aromatic nitrogens is 2. The van der Waals surface area contributed by atoms with Gasteiger partial charge in [0.2, 0.25) is 5.95 Å². The summed E-state index contributed by atoms with van der Waals surface area (Å²) in [6, 6.07) is 11.1. The van der Waals surface area contributed by atoms with Crippen molar-refractivity contribution in [3.05, 3.63) is 47.8 Å². The monoisotopic (exact) mass is 438 g/mol. The lowest BCUT2D eigenvalue weighted by molar-refractivity contribution is 0.0689. The lowest BCUT2D eigenvalue weighted by atomic mass is 9.92. The molecule has 31 heavy (non-hydrogen) atoms. The van der Waals surface area contributed by atoms with Gasteiger partial charge in [-0.25, -0.2) is 9.97 Å². The van der Waals surface area contributed by atoms with Gasteiger partial charge in [0.15, 0.2) is 5.11 Å². The summed E-state index contributed by atoms with van der Waals surface area (Å²) in [5, 5.41) is 19.3. The molecule has 2 saturated heterocycles. The fourth-order valence-corrected chi connectivity index (χ4v) is 4.03. The van der Waals surface area contributed by atoms with Crippen LogP contribution in [-0.4, -0.2) is 52.6 Å². The van der Waals surface area contributed by atoms with Crippen LogP contribution in [-0.2, 0) is 14.9 Å². The predicted octanol–water partition coefficient (Wildman–Crippen LogP) is 2.58. The Labute approximate surface area is 187 Å². The van der Waals surface area contributed by atoms with E-state index in [0.29, 0.717) is 29.8 Å². The fourth-order valence-electron chi connectivity index (χ4n) is 3.76. The Hall–Kier alpha value is -2.80. The molecule has 1 aromatic heterocycles. The molecule has 1 aromatic carbocycles. The summed E-state index contributed by atoms with van der Waals surface area (Å²) >= 11 is 5.44. The number of hydrogen-bond donors (Lipinski definition) is 3. The van der Waals surface area contributed by atoms with Crippen molar-refractivity contribution >= 4 is 29.0 Å². The number of nitrogens with zero attached hydrogens (tertiary/aromatic N) is 3. The van der Waals surface area contributed by atoms with Crippen LogP contribution < -0.4 is 16.0 Å². The Kier molecular flexibility index (Phi) is 6.05. The first-order valence-corrected chi connectivity index (χ1v) is 10.7. The standard InChI is InChI=1S/C22H26N6O2S/c1-22(2,3)17-7-8-24-20(28-17)26-15-11-29-19-16(12-30-18(15)19)27-21(31)25-14-6-4-5-13(9-14)10-23/h4-9,15-16,18-19H,11-12H2,1-3H3,(H,24,26,28)(H2,25,27,31). The largest absolute Gasteiger partial charge is 0.371 e. The lowest BCUT2D eigenvalue weighted by Gasteiger charge is -2.21. The maximum Gasteiger partial charge on any atom is 0.223 e. The molecule has 4 atom stereocenters. The molecular formula is C22H26N6O2S. The number of nitrogens with one attached hydrogen (secondary N) is 3. The number of nitriles is 1. The summed E-state index contributed by atoms with van der Waals surface area (Å²) in [7, 11) is 0. The second-order valence-corrected chi connectivity index (χ2v) is 9.17. The molecule has 2 fully saturated rings. The fraction of sp³-hybridized carbons (Fsp3) is 0.455. The molecule has 0 bridgehead atoms. The predicted molar refractivity (Wildman–Crippen MR) is 122 cm³/mol. The van der Waals surface area contributed by atoms with Gasteiger partial charge in [-0.05, 0) is 36.5 Å². The van der Waals surface area contributed by atoms with Crippen LogP contribution in [0, 0.1) is 11.3 Å². The number of fused-ring (bicyclic) bond motifs is 1. The maximum absolute atomic E-state index is 9.04. The van der Waals surface area contributed by atoms with E-state index in [2.05, 4.69) is 52.8 Å². The van der Waals surface area contributed by atoms with Crippen LogP contribution >= 0.6 is 12.2 Å². The average Bonchev–Trinajstić information content (AvgIpc) is 3.31. The lowest BCUT2D eigenvalue weighted by Crippen LogP contribution is -2.46. The van der Waals surface area contributed by atoms with E-state index in [-0.39, 0.29) is 29.7 Å². The molecule has 162 valence electrons. The Balaban J connectivity index is 1.35. The minimum absolute atomic E-state index is 0.0409. The number of ether oxygens (including phenoxy) is 2. The maximum atomic E-state index is 9.04. The summed E-state index contributed by atoms with van der Waals surface area (Å²) in [6.07, 6.45) is 1.52. The van der Waals surface area contributed by atoms with Crippen molar-refractivity contribution in [1.82, 2.24) is 15.3 Å². The van der Waals surface area contributed by atoms with Crippen LogP contribution in [0.1, 0.15) is 32.0 Å². The van der Waals surface area contributed by atoms with Crippen molar-refractivity contribution in [1.29, 1.82) is 5.26 Å². The highest BCUT2D eigenvalue weighted by Crippen LogP contribution is 2.29. The van der Waals surface area contributed by atoms with Crippen LogP contribution in [0.5, 0.6) is 0 Å². The molecule has 0 radical (unpaired) electrons. The summed E-state index contributed by atoms with van der Waals surface area (Å²) in [5.41, 5.74) is 2.25. The molecule has 4 unspecified atom stereocenters. The molecule has 3 N–H and O–H groups in total. The Morgan fingerprint density at radius 1 is 1.16 bits per heavy atom. The van der Waals surface area contributed by atoms with Gasteiger partial charge in [-0.1, -0.05) is 26.8 Å². The first-order chi connectivity index (χ1) is 14.8. The zero-order valence-corrected chi connectivity index (χ0v) is 18.6. The van der Waals surface area contributed by atoms with Crippen LogP contribution in [0.25, 0.3) is 0 Å². The minimum atomic E-state index is -0.131. The molecule has 0 saturated carbocycles. The van der Waals surface area contributed by atoms with E-state index in [1.165, 1.54) is 0 Å². The first-order valence-electron chi connectivity index (χ1n) is 10.2. The van der Waals surface area contributed by atoms with Crippen molar-refractivity contribution < 1.29 is 9.47 Å².